The Hall–Kier alpha value is -1.40. The van der Waals surface area contributed by atoms with Gasteiger partial charge in [0.2, 0.25) is 5.91 Å². The first kappa shape index (κ1) is 46.6. The number of hydrogen-bond donors (Lipinski definition) is 3. The minimum absolute atomic E-state index is 0.0369. The van der Waals surface area contributed by atoms with E-state index in [-0.39, 0.29) is 18.5 Å². The predicted octanol–water partition coefficient (Wildman–Crippen LogP) is 11.4. The van der Waals surface area contributed by atoms with Crippen molar-refractivity contribution in [1.29, 1.82) is 0 Å². The van der Waals surface area contributed by atoms with Crippen LogP contribution in [-0.4, -0.2) is 47.4 Å². The molecule has 0 bridgehead atoms. The van der Waals surface area contributed by atoms with Crippen molar-refractivity contribution in [2.24, 2.45) is 0 Å². The highest BCUT2D eigenvalue weighted by atomic mass is 16.5. The number of nitrogens with one attached hydrogen (secondary N) is 1. The molecule has 0 aliphatic carbocycles. The van der Waals surface area contributed by atoms with Crippen molar-refractivity contribution in [3.63, 3.8) is 0 Å². The van der Waals surface area contributed by atoms with Crippen molar-refractivity contribution in [1.82, 2.24) is 5.32 Å². The first-order valence-corrected chi connectivity index (χ1v) is 20.9. The first-order valence-electron chi connectivity index (χ1n) is 20.9. The molecule has 6 heteroatoms. The summed E-state index contributed by atoms with van der Waals surface area (Å²) in [4.78, 5) is 24.3. The van der Waals surface area contributed by atoms with Crippen LogP contribution in [0.3, 0.4) is 0 Å². The molecule has 1 amide bonds. The van der Waals surface area contributed by atoms with Crippen molar-refractivity contribution in [3.8, 4) is 0 Å². The molecule has 0 heterocycles. The molecular formula is C42H81NO5. The number of unbranched alkanes of at least 4 members (excludes halogenated alkanes) is 25. The highest BCUT2D eigenvalue weighted by molar-refractivity contribution is 5.76. The molecule has 48 heavy (non-hydrogen) atoms. The smallest absolute Gasteiger partial charge is 0.305 e. The van der Waals surface area contributed by atoms with Crippen LogP contribution in [0, 0.1) is 0 Å². The Bertz CT molecular complexity index is 712. The number of aliphatic hydroxyl groups is 2. The molecule has 0 aliphatic rings. The van der Waals surface area contributed by atoms with Crippen LogP contribution in [0.25, 0.3) is 0 Å². The maximum atomic E-state index is 12.3. The van der Waals surface area contributed by atoms with E-state index in [4.69, 9.17) is 4.74 Å². The van der Waals surface area contributed by atoms with Crippen LogP contribution in [0.2, 0.25) is 0 Å². The topological polar surface area (TPSA) is 95.9 Å². The summed E-state index contributed by atoms with van der Waals surface area (Å²) in [6.07, 6.45) is 40.2. The molecule has 2 atom stereocenters. The zero-order valence-electron chi connectivity index (χ0n) is 32.0. The Morgan fingerprint density at radius 1 is 0.562 bits per heavy atom. The molecule has 0 aromatic rings. The van der Waals surface area contributed by atoms with Gasteiger partial charge in [-0.15, -0.1) is 0 Å². The average molecular weight is 680 g/mol. The van der Waals surface area contributed by atoms with Gasteiger partial charge in [0, 0.05) is 12.8 Å². The van der Waals surface area contributed by atoms with Crippen LogP contribution in [0.5, 0.6) is 0 Å². The molecule has 3 N–H and O–H groups in total. The molecule has 284 valence electrons. The van der Waals surface area contributed by atoms with Gasteiger partial charge in [0.1, 0.15) is 0 Å². The standard InChI is InChI=1S/C42H81NO5/c1-3-5-7-9-11-13-15-18-22-26-30-34-40(45)39(38-44)43-41(46)35-31-27-23-19-17-21-25-29-33-37-48-42(47)36-32-28-24-20-16-14-12-10-8-6-4-2/h19,23,39-40,44-45H,3-18,20-22,24-38H2,1-2H3,(H,43,46)/b23-19-. The van der Waals surface area contributed by atoms with Crippen LogP contribution in [0.15, 0.2) is 12.2 Å². The van der Waals surface area contributed by atoms with E-state index in [1.165, 1.54) is 116 Å². The molecule has 0 spiro atoms. The summed E-state index contributed by atoms with van der Waals surface area (Å²) >= 11 is 0. The Kier molecular flexibility index (Phi) is 37.3. The summed E-state index contributed by atoms with van der Waals surface area (Å²) in [6.45, 7) is 4.83. The van der Waals surface area contributed by atoms with Gasteiger partial charge >= 0.3 is 5.97 Å². The van der Waals surface area contributed by atoms with E-state index in [0.717, 1.165) is 70.6 Å². The third-order valence-corrected chi connectivity index (χ3v) is 9.56. The minimum atomic E-state index is -0.691. The third kappa shape index (κ3) is 34.5. The molecule has 0 aliphatic heterocycles. The van der Waals surface area contributed by atoms with Crippen molar-refractivity contribution >= 4 is 11.9 Å². The second-order valence-electron chi connectivity index (χ2n) is 14.3. The number of carbonyl (C=O) groups is 2. The van der Waals surface area contributed by atoms with E-state index in [2.05, 4.69) is 31.3 Å². The lowest BCUT2D eigenvalue weighted by Gasteiger charge is -2.22. The van der Waals surface area contributed by atoms with Crippen LogP contribution < -0.4 is 5.32 Å². The Morgan fingerprint density at radius 3 is 1.52 bits per heavy atom. The highest BCUT2D eigenvalue weighted by Gasteiger charge is 2.19. The maximum absolute atomic E-state index is 12.3. The quantitative estimate of drug-likeness (QED) is 0.0343. The number of amides is 1. The van der Waals surface area contributed by atoms with E-state index in [0.29, 0.717) is 25.9 Å². The fraction of sp³-hybridized carbons (Fsp3) is 0.905. The maximum Gasteiger partial charge on any atom is 0.305 e. The molecule has 0 aromatic carbocycles. The van der Waals surface area contributed by atoms with Gasteiger partial charge in [-0.2, -0.15) is 0 Å². The van der Waals surface area contributed by atoms with Gasteiger partial charge in [0.05, 0.1) is 25.4 Å². The van der Waals surface area contributed by atoms with Gasteiger partial charge in [-0.05, 0) is 44.9 Å². The largest absolute Gasteiger partial charge is 0.466 e. The molecule has 0 radical (unpaired) electrons. The third-order valence-electron chi connectivity index (χ3n) is 9.56. The lowest BCUT2D eigenvalue weighted by molar-refractivity contribution is -0.143. The van der Waals surface area contributed by atoms with Gasteiger partial charge in [0.15, 0.2) is 0 Å². The van der Waals surface area contributed by atoms with Crippen LogP contribution >= 0.6 is 0 Å². The molecule has 6 nitrogen and oxygen atoms in total. The number of rotatable bonds is 38. The SMILES string of the molecule is CCCCCCCCCCCCCC(=O)OCCCCCC/C=C\CCCC(=O)NC(CO)C(O)CCCCCCCCCCCCC. The van der Waals surface area contributed by atoms with E-state index >= 15 is 0 Å². The normalized spacial score (nSPS) is 12.8. The Morgan fingerprint density at radius 2 is 1.00 bits per heavy atom. The lowest BCUT2D eigenvalue weighted by atomic mass is 10.0. The summed E-state index contributed by atoms with van der Waals surface area (Å²) in [5, 5.41) is 23.0. The summed E-state index contributed by atoms with van der Waals surface area (Å²) < 4.78 is 5.40. The van der Waals surface area contributed by atoms with Gasteiger partial charge in [-0.3, -0.25) is 9.59 Å². The average Bonchev–Trinajstić information content (AvgIpc) is 3.08. The van der Waals surface area contributed by atoms with Crippen molar-refractivity contribution in [3.05, 3.63) is 12.2 Å². The molecule has 0 aromatic heterocycles. The number of esters is 1. The number of allylic oxidation sites excluding steroid dienone is 2. The van der Waals surface area contributed by atoms with E-state index < -0.39 is 12.1 Å². The monoisotopic (exact) mass is 680 g/mol. The molecule has 0 rings (SSSR count). The summed E-state index contributed by atoms with van der Waals surface area (Å²) in [6, 6.07) is -0.575. The van der Waals surface area contributed by atoms with Crippen LogP contribution in [0.1, 0.15) is 219 Å². The summed E-state index contributed by atoms with van der Waals surface area (Å²) in [5.74, 6) is -0.134. The highest BCUT2D eigenvalue weighted by Crippen LogP contribution is 2.15. The summed E-state index contributed by atoms with van der Waals surface area (Å²) in [5.41, 5.74) is 0. The second-order valence-corrected chi connectivity index (χ2v) is 14.3. The fourth-order valence-corrected chi connectivity index (χ4v) is 6.29. The predicted molar refractivity (Wildman–Crippen MR) is 204 cm³/mol. The summed E-state index contributed by atoms with van der Waals surface area (Å²) in [7, 11) is 0. The van der Waals surface area contributed by atoms with Gasteiger partial charge in [0.25, 0.3) is 0 Å². The first-order chi connectivity index (χ1) is 23.5. The fourth-order valence-electron chi connectivity index (χ4n) is 6.29. The number of aliphatic hydroxyl groups excluding tert-OH is 2. The van der Waals surface area contributed by atoms with Gasteiger partial charge in [-0.1, -0.05) is 174 Å². The number of ether oxygens (including phenoxy) is 1. The molecule has 0 saturated carbocycles. The Labute approximate surface area is 298 Å². The van der Waals surface area contributed by atoms with E-state index in [1.54, 1.807) is 0 Å². The van der Waals surface area contributed by atoms with Crippen LogP contribution in [0.4, 0.5) is 0 Å². The molecule has 0 fully saturated rings. The molecular weight excluding hydrogens is 598 g/mol. The van der Waals surface area contributed by atoms with Crippen molar-refractivity contribution in [2.45, 2.75) is 231 Å². The van der Waals surface area contributed by atoms with Crippen molar-refractivity contribution in [2.75, 3.05) is 13.2 Å². The second kappa shape index (κ2) is 38.4. The Balaban J connectivity index is 3.57. The zero-order chi connectivity index (χ0) is 35.2. The van der Waals surface area contributed by atoms with E-state index in [1.807, 2.05) is 0 Å². The van der Waals surface area contributed by atoms with Crippen molar-refractivity contribution < 1.29 is 24.5 Å². The lowest BCUT2D eigenvalue weighted by Crippen LogP contribution is -2.45. The van der Waals surface area contributed by atoms with E-state index in [9.17, 15) is 19.8 Å². The van der Waals surface area contributed by atoms with Gasteiger partial charge in [-0.25, -0.2) is 0 Å². The number of hydrogen-bond acceptors (Lipinski definition) is 5. The van der Waals surface area contributed by atoms with Crippen LogP contribution in [-0.2, 0) is 14.3 Å². The molecule has 2 unspecified atom stereocenters. The van der Waals surface area contributed by atoms with Gasteiger partial charge < -0.3 is 20.3 Å². The minimum Gasteiger partial charge on any atom is -0.466 e. The zero-order valence-corrected chi connectivity index (χ0v) is 32.0. The number of carbonyl (C=O) groups excluding carboxylic acids is 2. The molecule has 0 saturated heterocycles.